The number of benzene rings is 1. The van der Waals surface area contributed by atoms with Gasteiger partial charge >= 0.3 is 0 Å². The Hall–Kier alpha value is -1.39. The van der Waals surface area contributed by atoms with E-state index in [1.807, 2.05) is 0 Å². The van der Waals surface area contributed by atoms with Gasteiger partial charge < -0.3 is 15.4 Å². The van der Waals surface area contributed by atoms with E-state index in [1.165, 1.54) is 0 Å². The molecule has 1 aliphatic heterocycles. The molecule has 0 spiro atoms. The van der Waals surface area contributed by atoms with Gasteiger partial charge in [-0.15, -0.1) is 0 Å². The zero-order chi connectivity index (χ0) is 14.8. The average molecular weight is 288 g/mol. The number of ether oxygens (including phenoxy) is 1. The number of carbonyl (C=O) groups is 1. The highest BCUT2D eigenvalue weighted by atomic mass is 16.5. The van der Waals surface area contributed by atoms with Gasteiger partial charge in [-0.3, -0.25) is 4.79 Å². The van der Waals surface area contributed by atoms with Crippen LogP contribution in [0, 0.1) is 0 Å². The van der Waals surface area contributed by atoms with E-state index < -0.39 is 0 Å². The third kappa shape index (κ3) is 3.11. The summed E-state index contributed by atoms with van der Waals surface area (Å²) in [5, 5.41) is 0. The largest absolute Gasteiger partial charge is 0.380 e. The number of rotatable bonds is 4. The van der Waals surface area contributed by atoms with Crippen molar-refractivity contribution in [1.29, 1.82) is 0 Å². The molecule has 1 saturated heterocycles. The lowest BCUT2D eigenvalue weighted by molar-refractivity contribution is -0.133. The van der Waals surface area contributed by atoms with Gasteiger partial charge in [-0.05, 0) is 36.8 Å². The lowest BCUT2D eigenvalue weighted by Gasteiger charge is -2.34. The summed E-state index contributed by atoms with van der Waals surface area (Å²) in [6.07, 6.45) is 4.71. The van der Waals surface area contributed by atoms with Gasteiger partial charge in [0, 0.05) is 25.6 Å². The smallest absolute Gasteiger partial charge is 0.223 e. The van der Waals surface area contributed by atoms with E-state index in [0.29, 0.717) is 19.1 Å². The first kappa shape index (κ1) is 14.5. The Morgan fingerprint density at radius 1 is 1.24 bits per heavy atom. The first-order chi connectivity index (χ1) is 10.2. The van der Waals surface area contributed by atoms with E-state index in [0.717, 1.165) is 36.8 Å². The van der Waals surface area contributed by atoms with E-state index in [2.05, 4.69) is 29.2 Å². The average Bonchev–Trinajstić information content (AvgIpc) is 3.30. The number of hydrogen-bond acceptors (Lipinski definition) is 3. The molecule has 2 aliphatic rings. The minimum atomic E-state index is 0.0316. The Morgan fingerprint density at radius 3 is 2.57 bits per heavy atom. The summed E-state index contributed by atoms with van der Waals surface area (Å²) in [4.78, 5) is 14.5. The summed E-state index contributed by atoms with van der Waals surface area (Å²) in [7, 11) is 1.70. The molecule has 4 nitrogen and oxygen atoms in total. The molecule has 1 heterocycles. The zero-order valence-corrected chi connectivity index (χ0v) is 12.6. The molecule has 21 heavy (non-hydrogen) atoms. The molecule has 2 unspecified atom stereocenters. The van der Waals surface area contributed by atoms with Crippen LogP contribution in [0.25, 0.3) is 0 Å². The van der Waals surface area contributed by atoms with Crippen molar-refractivity contribution in [2.45, 2.75) is 56.8 Å². The maximum absolute atomic E-state index is 12.4. The van der Waals surface area contributed by atoms with Crippen molar-refractivity contribution in [3.63, 3.8) is 0 Å². The second kappa shape index (κ2) is 6.16. The first-order valence-corrected chi connectivity index (χ1v) is 7.85. The van der Waals surface area contributed by atoms with Crippen LogP contribution < -0.4 is 5.73 Å². The van der Waals surface area contributed by atoms with E-state index in [9.17, 15) is 4.79 Å². The highest BCUT2D eigenvalue weighted by molar-refractivity contribution is 5.78. The van der Waals surface area contributed by atoms with Crippen molar-refractivity contribution in [2.24, 2.45) is 5.73 Å². The van der Waals surface area contributed by atoms with Crippen LogP contribution in [0.3, 0.4) is 0 Å². The van der Waals surface area contributed by atoms with Gasteiger partial charge in [-0.1, -0.05) is 24.3 Å². The van der Waals surface area contributed by atoms with E-state index in [4.69, 9.17) is 10.5 Å². The third-order valence-electron chi connectivity index (χ3n) is 4.49. The first-order valence-electron chi connectivity index (χ1n) is 7.85. The zero-order valence-electron chi connectivity index (χ0n) is 12.6. The molecule has 114 valence electrons. The van der Waals surface area contributed by atoms with Crippen LogP contribution in [-0.4, -0.2) is 30.0 Å². The Bertz CT molecular complexity index is 496. The molecule has 2 fully saturated rings. The number of nitrogens with zero attached hydrogens (tertiary/aromatic N) is 1. The molecule has 2 atom stereocenters. The normalized spacial score (nSPS) is 26.8. The molecule has 0 bridgehead atoms. The molecular weight excluding hydrogens is 264 g/mol. The minimum absolute atomic E-state index is 0.0316. The second-order valence-electron chi connectivity index (χ2n) is 6.21. The number of nitrogens with two attached hydrogens (primary N) is 1. The molecular formula is C17H24N2O2. The number of likely N-dealkylation sites (tertiary alicyclic amines) is 1. The number of carbonyl (C=O) groups excluding carboxylic acids is 1. The molecule has 1 aromatic rings. The quantitative estimate of drug-likeness (QED) is 0.925. The Labute approximate surface area is 126 Å². The summed E-state index contributed by atoms with van der Waals surface area (Å²) in [6.45, 7) is 0.613. The van der Waals surface area contributed by atoms with Gasteiger partial charge in [0.1, 0.15) is 0 Å². The highest BCUT2D eigenvalue weighted by Gasteiger charge is 2.41. The standard InChI is InChI=1S/C17H24N2O2/c1-21-11-12-5-7-13(8-6-12)17-15(18)3-2-4-16(20)19(17)14-9-10-14/h5-8,14-15,17H,2-4,9-11,18H2,1H3. The topological polar surface area (TPSA) is 55.6 Å². The van der Waals surface area contributed by atoms with Crippen LogP contribution in [0.1, 0.15) is 49.3 Å². The van der Waals surface area contributed by atoms with Gasteiger partial charge in [-0.2, -0.15) is 0 Å². The maximum Gasteiger partial charge on any atom is 0.223 e. The molecule has 3 rings (SSSR count). The molecule has 2 N–H and O–H groups in total. The minimum Gasteiger partial charge on any atom is -0.380 e. The van der Waals surface area contributed by atoms with Crippen molar-refractivity contribution in [3.05, 3.63) is 35.4 Å². The monoisotopic (exact) mass is 288 g/mol. The molecule has 0 radical (unpaired) electrons. The fraction of sp³-hybridized carbons (Fsp3) is 0.588. The Kier molecular flexibility index (Phi) is 4.27. The predicted molar refractivity (Wildman–Crippen MR) is 81.6 cm³/mol. The van der Waals surface area contributed by atoms with Crippen molar-refractivity contribution in [3.8, 4) is 0 Å². The second-order valence-corrected chi connectivity index (χ2v) is 6.21. The predicted octanol–water partition coefficient (Wildman–Crippen LogP) is 2.38. The van der Waals surface area contributed by atoms with Crippen LogP contribution in [0.5, 0.6) is 0 Å². The van der Waals surface area contributed by atoms with Crippen molar-refractivity contribution >= 4 is 5.91 Å². The Morgan fingerprint density at radius 2 is 1.95 bits per heavy atom. The Balaban J connectivity index is 1.89. The molecule has 4 heteroatoms. The van der Waals surface area contributed by atoms with Crippen LogP contribution >= 0.6 is 0 Å². The molecule has 0 aromatic heterocycles. The van der Waals surface area contributed by atoms with Gasteiger partial charge in [-0.25, -0.2) is 0 Å². The summed E-state index contributed by atoms with van der Waals surface area (Å²) >= 11 is 0. The molecule has 1 amide bonds. The van der Waals surface area contributed by atoms with Crippen molar-refractivity contribution < 1.29 is 9.53 Å². The van der Waals surface area contributed by atoms with Crippen LogP contribution in [0.15, 0.2) is 24.3 Å². The lowest BCUT2D eigenvalue weighted by atomic mass is 9.95. The summed E-state index contributed by atoms with van der Waals surface area (Å²) < 4.78 is 5.15. The van der Waals surface area contributed by atoms with Crippen LogP contribution in [0.2, 0.25) is 0 Å². The summed E-state index contributed by atoms with van der Waals surface area (Å²) in [5.41, 5.74) is 8.71. The third-order valence-corrected chi connectivity index (χ3v) is 4.49. The fourth-order valence-electron chi connectivity index (χ4n) is 3.31. The van der Waals surface area contributed by atoms with Crippen LogP contribution in [-0.2, 0) is 16.1 Å². The fourth-order valence-corrected chi connectivity index (χ4v) is 3.31. The lowest BCUT2D eigenvalue weighted by Crippen LogP contribution is -2.43. The highest BCUT2D eigenvalue weighted by Crippen LogP contribution is 2.39. The summed E-state index contributed by atoms with van der Waals surface area (Å²) in [5.74, 6) is 0.274. The summed E-state index contributed by atoms with van der Waals surface area (Å²) in [6, 6.07) is 8.83. The molecule has 1 aromatic carbocycles. The molecule has 1 aliphatic carbocycles. The van der Waals surface area contributed by atoms with E-state index in [-0.39, 0.29) is 18.0 Å². The van der Waals surface area contributed by atoms with Crippen molar-refractivity contribution in [2.75, 3.05) is 7.11 Å². The van der Waals surface area contributed by atoms with Gasteiger partial charge in [0.2, 0.25) is 5.91 Å². The SMILES string of the molecule is COCc1ccc(C2C(N)CCCC(=O)N2C2CC2)cc1. The van der Waals surface area contributed by atoms with Gasteiger partial charge in [0.25, 0.3) is 0 Å². The van der Waals surface area contributed by atoms with Gasteiger partial charge in [0.05, 0.1) is 12.6 Å². The van der Waals surface area contributed by atoms with E-state index >= 15 is 0 Å². The number of amides is 1. The van der Waals surface area contributed by atoms with E-state index in [1.54, 1.807) is 7.11 Å². The van der Waals surface area contributed by atoms with Crippen LogP contribution in [0.4, 0.5) is 0 Å². The maximum atomic E-state index is 12.4. The van der Waals surface area contributed by atoms with Gasteiger partial charge in [0.15, 0.2) is 0 Å². The number of hydrogen-bond donors (Lipinski definition) is 1. The van der Waals surface area contributed by atoms with Crippen molar-refractivity contribution in [1.82, 2.24) is 4.90 Å². The number of methoxy groups -OCH3 is 1. The molecule has 1 saturated carbocycles.